The summed E-state index contributed by atoms with van der Waals surface area (Å²) in [5.74, 6) is -1.23. The smallest absolute Gasteiger partial charge is 0.324 e. The van der Waals surface area contributed by atoms with Crippen LogP contribution in [0.15, 0.2) is 22.7 Å². The zero-order valence-electron chi connectivity index (χ0n) is 11.6. The molecule has 0 heterocycles. The molecule has 1 rings (SSSR count). The highest BCUT2D eigenvalue weighted by atomic mass is 79.9. The Morgan fingerprint density at radius 1 is 1.37 bits per heavy atom. The van der Waals surface area contributed by atoms with Crippen LogP contribution in [0.4, 0.5) is 4.39 Å². The van der Waals surface area contributed by atoms with Crippen LogP contribution in [0.3, 0.4) is 0 Å². The molecular formula is C14H19BrFNO2. The minimum Gasteiger partial charge on any atom is -0.480 e. The molecular weight excluding hydrogens is 313 g/mol. The number of carboxylic acid groups (broad SMARTS) is 1. The van der Waals surface area contributed by atoms with E-state index in [1.54, 1.807) is 19.1 Å². The Balaban J connectivity index is 2.89. The molecule has 0 amide bonds. The molecule has 1 atom stereocenters. The van der Waals surface area contributed by atoms with E-state index in [1.165, 1.54) is 6.07 Å². The number of aliphatic carboxylic acids is 1. The van der Waals surface area contributed by atoms with E-state index in [1.807, 2.05) is 20.8 Å². The number of nitrogens with one attached hydrogen (secondary N) is 1. The lowest BCUT2D eigenvalue weighted by atomic mass is 9.74. The molecule has 3 nitrogen and oxygen atoms in total. The summed E-state index contributed by atoms with van der Waals surface area (Å²) in [6, 6.07) is 4.64. The average Bonchev–Trinajstić information content (AvgIpc) is 2.28. The summed E-state index contributed by atoms with van der Waals surface area (Å²) in [6.07, 6.45) is 0. The lowest BCUT2D eigenvalue weighted by molar-refractivity contribution is -0.149. The predicted octanol–water partition coefficient (Wildman–Crippen LogP) is 3.57. The highest BCUT2D eigenvalue weighted by Gasteiger charge is 2.44. The van der Waals surface area contributed by atoms with Crippen molar-refractivity contribution in [2.45, 2.75) is 39.8 Å². The van der Waals surface area contributed by atoms with Gasteiger partial charge in [-0.25, -0.2) is 4.39 Å². The maximum Gasteiger partial charge on any atom is 0.324 e. The van der Waals surface area contributed by atoms with Gasteiger partial charge >= 0.3 is 5.97 Å². The third-order valence-corrected chi connectivity index (χ3v) is 4.17. The van der Waals surface area contributed by atoms with Crippen molar-refractivity contribution >= 4 is 21.9 Å². The monoisotopic (exact) mass is 331 g/mol. The molecule has 0 saturated heterocycles. The van der Waals surface area contributed by atoms with E-state index in [2.05, 4.69) is 21.2 Å². The Morgan fingerprint density at radius 3 is 2.37 bits per heavy atom. The Bertz CT molecular complexity index is 485. The quantitative estimate of drug-likeness (QED) is 0.886. The van der Waals surface area contributed by atoms with Gasteiger partial charge in [0, 0.05) is 6.54 Å². The first-order valence-electron chi connectivity index (χ1n) is 6.00. The number of benzene rings is 1. The first-order chi connectivity index (χ1) is 8.58. The summed E-state index contributed by atoms with van der Waals surface area (Å²) in [5, 5.41) is 12.5. The van der Waals surface area contributed by atoms with Gasteiger partial charge in [-0.05, 0) is 46.0 Å². The van der Waals surface area contributed by atoms with Gasteiger partial charge in [-0.2, -0.15) is 0 Å². The number of carbonyl (C=O) groups is 1. The van der Waals surface area contributed by atoms with E-state index in [9.17, 15) is 14.3 Å². The Kier molecular flexibility index (Phi) is 4.74. The van der Waals surface area contributed by atoms with E-state index in [0.29, 0.717) is 11.0 Å². The van der Waals surface area contributed by atoms with E-state index >= 15 is 0 Å². The average molecular weight is 332 g/mol. The summed E-state index contributed by atoms with van der Waals surface area (Å²) in [7, 11) is 0. The highest BCUT2D eigenvalue weighted by molar-refractivity contribution is 9.10. The molecule has 1 unspecified atom stereocenters. The summed E-state index contributed by atoms with van der Waals surface area (Å²) in [5.41, 5.74) is -0.686. The molecule has 0 aliphatic carbocycles. The SMILES string of the molecule is CC(C)(C)C(C)(NCc1ccc(F)c(Br)c1)C(=O)O. The number of hydrogen-bond donors (Lipinski definition) is 2. The molecule has 0 radical (unpaired) electrons. The van der Waals surface area contributed by atoms with Crippen molar-refractivity contribution in [3.8, 4) is 0 Å². The minimum atomic E-state index is -1.06. The van der Waals surface area contributed by atoms with Gasteiger partial charge in [0.25, 0.3) is 0 Å². The summed E-state index contributed by atoms with van der Waals surface area (Å²) >= 11 is 3.12. The van der Waals surface area contributed by atoms with Crippen LogP contribution in [-0.4, -0.2) is 16.6 Å². The molecule has 1 aromatic carbocycles. The van der Waals surface area contributed by atoms with Crippen molar-refractivity contribution in [1.82, 2.24) is 5.32 Å². The van der Waals surface area contributed by atoms with Crippen LogP contribution in [0.5, 0.6) is 0 Å². The van der Waals surface area contributed by atoms with Crippen LogP contribution in [-0.2, 0) is 11.3 Å². The van der Waals surface area contributed by atoms with Gasteiger partial charge in [0.2, 0.25) is 0 Å². The van der Waals surface area contributed by atoms with Crippen LogP contribution >= 0.6 is 15.9 Å². The summed E-state index contributed by atoms with van der Waals surface area (Å²) < 4.78 is 13.5. The van der Waals surface area contributed by atoms with Crippen LogP contribution in [0, 0.1) is 11.2 Å². The molecule has 2 N–H and O–H groups in total. The number of halogens is 2. The van der Waals surface area contributed by atoms with Crippen molar-refractivity contribution < 1.29 is 14.3 Å². The maximum absolute atomic E-state index is 13.1. The second kappa shape index (κ2) is 5.59. The van der Waals surface area contributed by atoms with Crippen molar-refractivity contribution in [3.63, 3.8) is 0 Å². The molecule has 0 aliphatic heterocycles. The largest absolute Gasteiger partial charge is 0.480 e. The van der Waals surface area contributed by atoms with Crippen molar-refractivity contribution in [2.75, 3.05) is 0 Å². The first-order valence-corrected chi connectivity index (χ1v) is 6.79. The fourth-order valence-corrected chi connectivity index (χ4v) is 2.02. The maximum atomic E-state index is 13.1. The van der Waals surface area contributed by atoms with Crippen LogP contribution < -0.4 is 5.32 Å². The molecule has 0 aliphatic rings. The van der Waals surface area contributed by atoms with E-state index in [4.69, 9.17) is 0 Å². The molecule has 0 aromatic heterocycles. The van der Waals surface area contributed by atoms with Crippen LogP contribution in [0.25, 0.3) is 0 Å². The lowest BCUT2D eigenvalue weighted by Gasteiger charge is -2.39. The van der Waals surface area contributed by atoms with E-state index in [-0.39, 0.29) is 5.82 Å². The highest BCUT2D eigenvalue weighted by Crippen LogP contribution is 2.30. The molecule has 0 spiro atoms. The third kappa shape index (κ3) is 3.54. The predicted molar refractivity (Wildman–Crippen MR) is 76.4 cm³/mol. The topological polar surface area (TPSA) is 49.3 Å². The third-order valence-electron chi connectivity index (χ3n) is 3.56. The molecule has 0 fully saturated rings. The Hall–Kier alpha value is -0.940. The molecule has 106 valence electrons. The van der Waals surface area contributed by atoms with Crippen molar-refractivity contribution in [1.29, 1.82) is 0 Å². The molecule has 1 aromatic rings. The molecule has 0 saturated carbocycles. The summed E-state index contributed by atoms with van der Waals surface area (Å²) in [4.78, 5) is 11.5. The second-order valence-electron chi connectivity index (χ2n) is 5.78. The standard InChI is InChI=1S/C14H19BrFNO2/c1-13(2,3)14(4,12(18)19)17-8-9-5-6-11(16)10(15)7-9/h5-7,17H,8H2,1-4H3,(H,18,19). The number of rotatable bonds is 4. The van der Waals surface area contributed by atoms with Gasteiger partial charge in [-0.1, -0.05) is 26.8 Å². The van der Waals surface area contributed by atoms with Gasteiger partial charge in [0.1, 0.15) is 11.4 Å². The summed E-state index contributed by atoms with van der Waals surface area (Å²) in [6.45, 7) is 7.63. The Morgan fingerprint density at radius 2 is 1.95 bits per heavy atom. The van der Waals surface area contributed by atoms with E-state index in [0.717, 1.165) is 5.56 Å². The molecule has 5 heteroatoms. The van der Waals surface area contributed by atoms with Gasteiger partial charge in [0.15, 0.2) is 0 Å². The van der Waals surface area contributed by atoms with Gasteiger partial charge in [-0.15, -0.1) is 0 Å². The minimum absolute atomic E-state index is 0.333. The van der Waals surface area contributed by atoms with Gasteiger partial charge in [-0.3, -0.25) is 10.1 Å². The zero-order chi connectivity index (χ0) is 14.8. The molecule has 0 bridgehead atoms. The van der Waals surface area contributed by atoms with Gasteiger partial charge in [0.05, 0.1) is 4.47 Å². The number of carboxylic acids is 1. The Labute approximate surface area is 121 Å². The fourth-order valence-electron chi connectivity index (χ4n) is 1.59. The van der Waals surface area contributed by atoms with Gasteiger partial charge < -0.3 is 5.11 Å². The van der Waals surface area contributed by atoms with Crippen molar-refractivity contribution in [3.05, 3.63) is 34.1 Å². The number of hydrogen-bond acceptors (Lipinski definition) is 2. The van der Waals surface area contributed by atoms with E-state index < -0.39 is 16.9 Å². The second-order valence-corrected chi connectivity index (χ2v) is 6.64. The van der Waals surface area contributed by atoms with Crippen LogP contribution in [0.1, 0.15) is 33.3 Å². The first kappa shape index (κ1) is 16.1. The normalized spacial score (nSPS) is 15.1. The van der Waals surface area contributed by atoms with Crippen molar-refractivity contribution in [2.24, 2.45) is 5.41 Å². The lowest BCUT2D eigenvalue weighted by Crippen LogP contribution is -2.58. The molecule has 19 heavy (non-hydrogen) atoms. The van der Waals surface area contributed by atoms with Crippen LogP contribution in [0.2, 0.25) is 0 Å². The fraction of sp³-hybridized carbons (Fsp3) is 0.500. The zero-order valence-corrected chi connectivity index (χ0v) is 13.1.